The number of nitrogens with zero attached hydrogens (tertiary/aromatic N) is 1. The molecular formula is C17H18F2N2O3S. The minimum atomic E-state index is -3.68. The third-order valence-corrected chi connectivity index (χ3v) is 5.04. The van der Waals surface area contributed by atoms with Gasteiger partial charge in [0.05, 0.1) is 4.90 Å². The van der Waals surface area contributed by atoms with Crippen LogP contribution in [-0.2, 0) is 16.6 Å². The Morgan fingerprint density at radius 1 is 1.16 bits per heavy atom. The highest BCUT2D eigenvalue weighted by molar-refractivity contribution is 7.89. The number of hydrogen-bond donors (Lipinski definition) is 1. The Kier molecular flexibility index (Phi) is 5.86. The molecule has 0 bridgehead atoms. The van der Waals surface area contributed by atoms with Crippen molar-refractivity contribution < 1.29 is 22.0 Å². The molecule has 0 atom stereocenters. The number of rotatable bonds is 6. The Morgan fingerprint density at radius 3 is 2.52 bits per heavy atom. The molecule has 0 aliphatic carbocycles. The first kappa shape index (κ1) is 19.0. The number of benzene rings is 2. The average Bonchev–Trinajstić information content (AvgIpc) is 2.56. The molecule has 25 heavy (non-hydrogen) atoms. The number of amides is 1. The van der Waals surface area contributed by atoms with Crippen LogP contribution in [0.2, 0.25) is 0 Å². The standard InChI is InChI=1S/C17H18F2N2O3S/c1-3-20-25(23,24)15-6-4-5-12(9-15)17(22)21(2)11-13-7-8-14(18)10-16(13)19/h4-10,20H,3,11H2,1-2H3. The van der Waals surface area contributed by atoms with E-state index in [4.69, 9.17) is 0 Å². The largest absolute Gasteiger partial charge is 0.337 e. The van der Waals surface area contributed by atoms with E-state index in [9.17, 15) is 22.0 Å². The molecule has 0 unspecified atom stereocenters. The smallest absolute Gasteiger partial charge is 0.253 e. The van der Waals surface area contributed by atoms with Crippen molar-refractivity contribution in [2.24, 2.45) is 0 Å². The first-order valence-corrected chi connectivity index (χ1v) is 9.02. The highest BCUT2D eigenvalue weighted by Gasteiger charge is 2.18. The fraction of sp³-hybridized carbons (Fsp3) is 0.235. The van der Waals surface area contributed by atoms with E-state index >= 15 is 0 Å². The van der Waals surface area contributed by atoms with Gasteiger partial charge in [-0.3, -0.25) is 4.79 Å². The summed E-state index contributed by atoms with van der Waals surface area (Å²) in [7, 11) is -2.23. The minimum Gasteiger partial charge on any atom is -0.337 e. The van der Waals surface area contributed by atoms with E-state index < -0.39 is 27.6 Å². The zero-order valence-corrected chi connectivity index (χ0v) is 14.6. The Hall–Kier alpha value is -2.32. The molecule has 0 aliphatic heterocycles. The van der Waals surface area contributed by atoms with E-state index in [1.165, 1.54) is 42.3 Å². The summed E-state index contributed by atoms with van der Waals surface area (Å²) in [6.07, 6.45) is 0. The topological polar surface area (TPSA) is 66.5 Å². The first-order chi connectivity index (χ1) is 11.7. The Balaban J connectivity index is 2.22. The molecule has 2 rings (SSSR count). The maximum atomic E-state index is 13.7. The van der Waals surface area contributed by atoms with Crippen molar-refractivity contribution in [1.29, 1.82) is 0 Å². The number of carbonyl (C=O) groups is 1. The molecule has 0 saturated carbocycles. The quantitative estimate of drug-likeness (QED) is 0.852. The monoisotopic (exact) mass is 368 g/mol. The predicted octanol–water partition coefficient (Wildman–Crippen LogP) is 2.54. The summed E-state index contributed by atoms with van der Waals surface area (Å²) in [6.45, 7) is 1.80. The molecule has 0 aromatic heterocycles. The molecule has 0 fully saturated rings. The molecule has 0 aliphatic rings. The van der Waals surface area contributed by atoms with Gasteiger partial charge in [0, 0.05) is 37.3 Å². The predicted molar refractivity (Wildman–Crippen MR) is 89.5 cm³/mol. The van der Waals surface area contributed by atoms with Crippen molar-refractivity contribution in [3.63, 3.8) is 0 Å². The molecule has 1 amide bonds. The lowest BCUT2D eigenvalue weighted by molar-refractivity contribution is 0.0783. The van der Waals surface area contributed by atoms with Gasteiger partial charge in [-0.25, -0.2) is 21.9 Å². The van der Waals surface area contributed by atoms with Gasteiger partial charge in [-0.05, 0) is 24.3 Å². The van der Waals surface area contributed by atoms with Crippen LogP contribution in [0.1, 0.15) is 22.8 Å². The second kappa shape index (κ2) is 7.71. The van der Waals surface area contributed by atoms with E-state index in [0.717, 1.165) is 12.1 Å². The minimum absolute atomic E-state index is 0.0263. The van der Waals surface area contributed by atoms with Crippen LogP contribution in [0.3, 0.4) is 0 Å². The Morgan fingerprint density at radius 2 is 1.88 bits per heavy atom. The van der Waals surface area contributed by atoms with Crippen molar-refractivity contribution in [2.75, 3.05) is 13.6 Å². The van der Waals surface area contributed by atoms with Gasteiger partial charge in [-0.15, -0.1) is 0 Å². The highest BCUT2D eigenvalue weighted by atomic mass is 32.2. The molecule has 0 heterocycles. The van der Waals surface area contributed by atoms with Gasteiger partial charge in [-0.1, -0.05) is 19.1 Å². The van der Waals surface area contributed by atoms with Gasteiger partial charge in [0.2, 0.25) is 10.0 Å². The summed E-state index contributed by atoms with van der Waals surface area (Å²) < 4.78 is 53.1. The van der Waals surface area contributed by atoms with Gasteiger partial charge in [-0.2, -0.15) is 0 Å². The molecular weight excluding hydrogens is 350 g/mol. The lowest BCUT2D eigenvalue weighted by atomic mass is 10.1. The van der Waals surface area contributed by atoms with Crippen molar-refractivity contribution in [1.82, 2.24) is 9.62 Å². The summed E-state index contributed by atoms with van der Waals surface area (Å²) in [5, 5.41) is 0. The van der Waals surface area contributed by atoms with Gasteiger partial charge >= 0.3 is 0 Å². The Bertz CT molecular complexity index is 885. The van der Waals surface area contributed by atoms with Crippen LogP contribution in [0, 0.1) is 11.6 Å². The van der Waals surface area contributed by atoms with E-state index in [1.54, 1.807) is 6.92 Å². The number of sulfonamides is 1. The number of nitrogens with one attached hydrogen (secondary N) is 1. The summed E-state index contributed by atoms with van der Waals surface area (Å²) in [5.41, 5.74) is 0.317. The lowest BCUT2D eigenvalue weighted by Gasteiger charge is -2.18. The molecule has 0 spiro atoms. The van der Waals surface area contributed by atoms with Crippen LogP contribution in [0.4, 0.5) is 8.78 Å². The van der Waals surface area contributed by atoms with Crippen molar-refractivity contribution in [2.45, 2.75) is 18.4 Å². The summed E-state index contributed by atoms with van der Waals surface area (Å²) in [4.78, 5) is 13.7. The van der Waals surface area contributed by atoms with Gasteiger partial charge in [0.1, 0.15) is 11.6 Å². The summed E-state index contributed by atoms with van der Waals surface area (Å²) in [6, 6.07) is 8.71. The van der Waals surface area contributed by atoms with Gasteiger partial charge < -0.3 is 4.90 Å². The molecule has 2 aromatic rings. The van der Waals surface area contributed by atoms with E-state index in [-0.39, 0.29) is 29.1 Å². The summed E-state index contributed by atoms with van der Waals surface area (Å²) in [5.74, 6) is -1.92. The molecule has 5 nitrogen and oxygen atoms in total. The first-order valence-electron chi connectivity index (χ1n) is 7.53. The average molecular weight is 368 g/mol. The van der Waals surface area contributed by atoms with Crippen molar-refractivity contribution in [3.05, 3.63) is 65.2 Å². The third-order valence-electron chi connectivity index (χ3n) is 3.49. The molecule has 0 radical (unpaired) electrons. The van der Waals surface area contributed by atoms with Crippen LogP contribution < -0.4 is 4.72 Å². The van der Waals surface area contributed by atoms with Crippen LogP contribution in [0.25, 0.3) is 0 Å². The third kappa shape index (κ3) is 4.61. The van der Waals surface area contributed by atoms with Gasteiger partial charge in [0.25, 0.3) is 5.91 Å². The molecule has 1 N–H and O–H groups in total. The van der Waals surface area contributed by atoms with E-state index in [0.29, 0.717) is 0 Å². The van der Waals surface area contributed by atoms with Gasteiger partial charge in [0.15, 0.2) is 0 Å². The second-order valence-corrected chi connectivity index (χ2v) is 7.19. The molecule has 8 heteroatoms. The summed E-state index contributed by atoms with van der Waals surface area (Å²) >= 11 is 0. The molecule has 2 aromatic carbocycles. The van der Waals surface area contributed by atoms with Crippen LogP contribution in [-0.4, -0.2) is 32.8 Å². The highest BCUT2D eigenvalue weighted by Crippen LogP contribution is 2.16. The van der Waals surface area contributed by atoms with Crippen LogP contribution in [0.15, 0.2) is 47.4 Å². The number of halogens is 2. The number of hydrogen-bond acceptors (Lipinski definition) is 3. The van der Waals surface area contributed by atoms with E-state index in [2.05, 4.69) is 4.72 Å². The van der Waals surface area contributed by atoms with Crippen LogP contribution >= 0.6 is 0 Å². The second-order valence-electron chi connectivity index (χ2n) is 5.43. The normalized spacial score (nSPS) is 11.4. The van der Waals surface area contributed by atoms with Crippen LogP contribution in [0.5, 0.6) is 0 Å². The fourth-order valence-corrected chi connectivity index (χ4v) is 3.35. The maximum absolute atomic E-state index is 13.7. The zero-order chi connectivity index (χ0) is 18.6. The zero-order valence-electron chi connectivity index (χ0n) is 13.8. The number of carbonyl (C=O) groups excluding carboxylic acids is 1. The lowest BCUT2D eigenvalue weighted by Crippen LogP contribution is -2.27. The molecule has 134 valence electrons. The maximum Gasteiger partial charge on any atom is 0.253 e. The van der Waals surface area contributed by atoms with Crippen molar-refractivity contribution >= 4 is 15.9 Å². The fourth-order valence-electron chi connectivity index (χ4n) is 2.27. The van der Waals surface area contributed by atoms with E-state index in [1.807, 2.05) is 0 Å². The Labute approximate surface area is 145 Å². The molecule has 0 saturated heterocycles. The van der Waals surface area contributed by atoms with Crippen molar-refractivity contribution in [3.8, 4) is 0 Å². The SMILES string of the molecule is CCNS(=O)(=O)c1cccc(C(=O)N(C)Cc2ccc(F)cc2F)c1.